The van der Waals surface area contributed by atoms with Crippen molar-refractivity contribution in [1.29, 1.82) is 0 Å². The lowest BCUT2D eigenvalue weighted by atomic mass is 10.2. The highest BCUT2D eigenvalue weighted by molar-refractivity contribution is 5.72. The van der Waals surface area contributed by atoms with Crippen molar-refractivity contribution in [2.45, 2.75) is 74.7 Å². The van der Waals surface area contributed by atoms with Crippen LogP contribution in [0.15, 0.2) is 18.2 Å². The molecule has 3 heteroatoms. The number of rotatable bonds is 2. The van der Waals surface area contributed by atoms with Crippen LogP contribution in [-0.4, -0.2) is 5.78 Å². The molecule has 0 aromatic heterocycles. The molecule has 0 spiro atoms. The minimum Gasteiger partial charge on any atom is -0.300 e. The van der Waals surface area contributed by atoms with Crippen LogP contribution < -0.4 is 0 Å². The smallest absolute Gasteiger partial charge is 0.159 e. The normalized spacial score (nSPS) is 8.68. The molecule has 0 aliphatic heterocycles. The van der Waals surface area contributed by atoms with Crippen molar-refractivity contribution in [3.05, 3.63) is 35.4 Å². The summed E-state index contributed by atoms with van der Waals surface area (Å²) < 4.78 is 24.7. The van der Waals surface area contributed by atoms with Crippen LogP contribution in [0.4, 0.5) is 8.78 Å². The van der Waals surface area contributed by atoms with Crippen molar-refractivity contribution >= 4 is 5.78 Å². The van der Waals surface area contributed by atoms with Gasteiger partial charge in [0.1, 0.15) is 5.78 Å². The van der Waals surface area contributed by atoms with E-state index in [1.165, 1.54) is 32.8 Å². The molecule has 0 bridgehead atoms. The van der Waals surface area contributed by atoms with Gasteiger partial charge in [0.15, 0.2) is 11.6 Å². The van der Waals surface area contributed by atoms with Gasteiger partial charge in [0.2, 0.25) is 0 Å². The first-order valence-electron chi connectivity index (χ1n) is 8.03. The highest BCUT2D eigenvalue weighted by Crippen LogP contribution is 2.08. The van der Waals surface area contributed by atoms with Gasteiger partial charge in [0.05, 0.1) is 0 Å². The first kappa shape index (κ1) is 25.7. The van der Waals surface area contributed by atoms with Gasteiger partial charge in [0.25, 0.3) is 0 Å². The van der Waals surface area contributed by atoms with Gasteiger partial charge in [-0.05, 0) is 43.9 Å². The van der Waals surface area contributed by atoms with E-state index in [-0.39, 0.29) is 5.78 Å². The van der Waals surface area contributed by atoms with E-state index in [4.69, 9.17) is 0 Å². The molecule has 1 aromatic carbocycles. The summed E-state index contributed by atoms with van der Waals surface area (Å²) in [6, 6.07) is 3.95. The van der Waals surface area contributed by atoms with Gasteiger partial charge in [-0.2, -0.15) is 0 Å². The fourth-order valence-corrected chi connectivity index (χ4v) is 0.760. The molecular weight excluding hydrogens is 282 g/mol. The summed E-state index contributed by atoms with van der Waals surface area (Å²) in [4.78, 5) is 9.44. The second kappa shape index (κ2) is 17.8. The van der Waals surface area contributed by atoms with Gasteiger partial charge in [-0.3, -0.25) is 0 Å². The van der Waals surface area contributed by atoms with Gasteiger partial charge in [-0.25, -0.2) is 8.78 Å². The number of aryl methyl sites for hydroxylation is 1. The van der Waals surface area contributed by atoms with Crippen LogP contribution in [0, 0.1) is 17.6 Å². The van der Waals surface area contributed by atoms with Crippen LogP contribution >= 0.6 is 0 Å². The zero-order valence-electron chi connectivity index (χ0n) is 15.6. The molecule has 0 radical (unpaired) electrons. The van der Waals surface area contributed by atoms with Crippen LogP contribution in [0.2, 0.25) is 0 Å². The summed E-state index contributed by atoms with van der Waals surface area (Å²) in [5, 5.41) is 0. The molecule has 0 unspecified atom stereocenters. The molecule has 1 nitrogen and oxygen atoms in total. The molecule has 0 heterocycles. The van der Waals surface area contributed by atoms with E-state index in [2.05, 4.69) is 34.6 Å². The van der Waals surface area contributed by atoms with Crippen LogP contribution in [-0.2, 0) is 11.2 Å². The lowest BCUT2D eigenvalue weighted by Crippen LogP contribution is -1.86. The minimum atomic E-state index is -0.780. The molecule has 0 N–H and O–H groups in total. The molecule has 0 saturated heterocycles. The lowest BCUT2D eigenvalue weighted by molar-refractivity contribution is -0.114. The Morgan fingerprint density at radius 3 is 1.55 bits per heavy atom. The van der Waals surface area contributed by atoms with Gasteiger partial charge in [0, 0.05) is 0 Å². The maximum atomic E-state index is 12.4. The molecule has 0 saturated carbocycles. The van der Waals surface area contributed by atoms with Gasteiger partial charge in [-0.15, -0.1) is 0 Å². The fraction of sp³-hybridized carbons (Fsp3) is 0.632. The molecule has 1 rings (SSSR count). The van der Waals surface area contributed by atoms with Crippen molar-refractivity contribution in [3.63, 3.8) is 0 Å². The molecular formula is C19H34F2O. The molecule has 1 aromatic rings. The standard InChI is InChI=1S/C8H8F2.2C4H10.C3H6O/c1-2-6-3-4-7(9)8(10)5-6;1-4(2)3;1-3-4-2;1-3(2)4/h3-5H,2H2,1H3;4H,1-3H3;3-4H2,1-2H3;1-2H3. The zero-order chi connectivity index (χ0) is 18.1. The van der Waals surface area contributed by atoms with E-state index in [0.717, 1.165) is 24.0 Å². The lowest BCUT2D eigenvalue weighted by Gasteiger charge is -1.95. The van der Waals surface area contributed by atoms with Crippen molar-refractivity contribution in [2.75, 3.05) is 0 Å². The second-order valence-corrected chi connectivity index (χ2v) is 5.74. The molecule has 0 aliphatic carbocycles. The summed E-state index contributed by atoms with van der Waals surface area (Å²) in [6.07, 6.45) is 3.37. The van der Waals surface area contributed by atoms with E-state index in [1.807, 2.05) is 6.92 Å². The molecule has 130 valence electrons. The number of hydrogen-bond donors (Lipinski definition) is 0. The third-order valence-corrected chi connectivity index (χ3v) is 1.89. The molecule has 0 atom stereocenters. The number of unbranched alkanes of at least 4 members (excludes halogenated alkanes) is 1. The number of ketones is 1. The van der Waals surface area contributed by atoms with E-state index in [9.17, 15) is 13.6 Å². The van der Waals surface area contributed by atoms with E-state index in [1.54, 1.807) is 6.07 Å². The number of carbonyl (C=O) groups excluding carboxylic acids is 1. The Labute approximate surface area is 136 Å². The Balaban J connectivity index is -0.000000253. The molecule has 0 amide bonds. The number of benzene rings is 1. The van der Waals surface area contributed by atoms with Gasteiger partial charge in [-0.1, -0.05) is 60.5 Å². The maximum Gasteiger partial charge on any atom is 0.159 e. The predicted octanol–water partition coefficient (Wildman–Crippen LogP) is 6.59. The fourth-order valence-electron chi connectivity index (χ4n) is 0.760. The Hall–Kier alpha value is -1.25. The Kier molecular flexibility index (Phi) is 20.8. The van der Waals surface area contributed by atoms with E-state index >= 15 is 0 Å². The van der Waals surface area contributed by atoms with Gasteiger partial charge < -0.3 is 4.79 Å². The second-order valence-electron chi connectivity index (χ2n) is 5.74. The summed E-state index contributed by atoms with van der Waals surface area (Å²) >= 11 is 0. The number of carbonyl (C=O) groups is 1. The third-order valence-electron chi connectivity index (χ3n) is 1.89. The quantitative estimate of drug-likeness (QED) is 0.601. The highest BCUT2D eigenvalue weighted by Gasteiger charge is 1.99. The predicted molar refractivity (Wildman–Crippen MR) is 93.2 cm³/mol. The zero-order valence-corrected chi connectivity index (χ0v) is 15.6. The number of halogens is 2. The van der Waals surface area contributed by atoms with Crippen LogP contribution in [0.3, 0.4) is 0 Å². The highest BCUT2D eigenvalue weighted by atomic mass is 19.2. The topological polar surface area (TPSA) is 17.1 Å². The Morgan fingerprint density at radius 2 is 1.32 bits per heavy atom. The first-order valence-corrected chi connectivity index (χ1v) is 8.03. The minimum absolute atomic E-state index is 0.167. The Bertz CT molecular complexity index is 365. The summed E-state index contributed by atoms with van der Waals surface area (Å²) in [7, 11) is 0. The molecule has 0 aliphatic rings. The van der Waals surface area contributed by atoms with Crippen molar-refractivity contribution in [2.24, 2.45) is 5.92 Å². The maximum absolute atomic E-state index is 12.4. The number of hydrogen-bond acceptors (Lipinski definition) is 1. The number of Topliss-reactive ketones (excluding diaryl/α,β-unsaturated/α-hetero) is 1. The van der Waals surface area contributed by atoms with Crippen molar-refractivity contribution < 1.29 is 13.6 Å². The SMILES string of the molecule is CC(C)=O.CC(C)C.CCCC.CCc1ccc(F)c(F)c1. The average molecular weight is 316 g/mol. The Morgan fingerprint density at radius 1 is 0.955 bits per heavy atom. The van der Waals surface area contributed by atoms with Crippen LogP contribution in [0.5, 0.6) is 0 Å². The summed E-state index contributed by atoms with van der Waals surface area (Å²) in [5.74, 6) is -0.545. The van der Waals surface area contributed by atoms with Crippen molar-refractivity contribution in [3.8, 4) is 0 Å². The average Bonchev–Trinajstić information content (AvgIpc) is 2.41. The summed E-state index contributed by atoms with van der Waals surface area (Å²) in [6.45, 7) is 15.8. The monoisotopic (exact) mass is 316 g/mol. The largest absolute Gasteiger partial charge is 0.300 e. The van der Waals surface area contributed by atoms with Crippen LogP contribution in [0.1, 0.15) is 73.8 Å². The third kappa shape index (κ3) is 27.2. The molecule has 0 fully saturated rings. The van der Waals surface area contributed by atoms with Crippen LogP contribution in [0.25, 0.3) is 0 Å². The van der Waals surface area contributed by atoms with E-state index in [0.29, 0.717) is 0 Å². The first-order chi connectivity index (χ1) is 10.1. The van der Waals surface area contributed by atoms with Crippen molar-refractivity contribution in [1.82, 2.24) is 0 Å². The summed E-state index contributed by atoms with van der Waals surface area (Å²) in [5.41, 5.74) is 0.818. The van der Waals surface area contributed by atoms with E-state index < -0.39 is 11.6 Å². The molecule has 22 heavy (non-hydrogen) atoms. The van der Waals surface area contributed by atoms with Gasteiger partial charge >= 0.3 is 0 Å².